The first-order valence-corrected chi connectivity index (χ1v) is 8.26. The number of pyridine rings is 1. The smallest absolute Gasteiger partial charge is 0.253 e. The molecule has 0 fully saturated rings. The minimum Gasteiger partial charge on any atom is -0.493 e. The average Bonchev–Trinajstić information content (AvgIpc) is 2.67. The SMILES string of the molecule is COc1ccccc1Oc1cccc(CNC(=O)c2ccc(C)nc2)c1. The van der Waals surface area contributed by atoms with Gasteiger partial charge in [-0.3, -0.25) is 9.78 Å². The van der Waals surface area contributed by atoms with E-state index in [1.165, 1.54) is 0 Å². The second-order valence-electron chi connectivity index (χ2n) is 5.77. The first kappa shape index (κ1) is 17.5. The summed E-state index contributed by atoms with van der Waals surface area (Å²) in [6.07, 6.45) is 1.58. The second-order valence-corrected chi connectivity index (χ2v) is 5.77. The molecule has 0 spiro atoms. The van der Waals surface area contributed by atoms with Gasteiger partial charge in [-0.25, -0.2) is 0 Å². The third-order valence-corrected chi connectivity index (χ3v) is 3.82. The van der Waals surface area contributed by atoms with Crippen molar-refractivity contribution >= 4 is 5.91 Å². The van der Waals surface area contributed by atoms with Gasteiger partial charge in [-0.1, -0.05) is 24.3 Å². The van der Waals surface area contributed by atoms with Crippen LogP contribution >= 0.6 is 0 Å². The van der Waals surface area contributed by atoms with Gasteiger partial charge in [0.25, 0.3) is 5.91 Å². The summed E-state index contributed by atoms with van der Waals surface area (Å²) in [6.45, 7) is 2.28. The Morgan fingerprint density at radius 1 is 1.04 bits per heavy atom. The predicted molar refractivity (Wildman–Crippen MR) is 99.7 cm³/mol. The molecule has 5 nitrogen and oxygen atoms in total. The maximum atomic E-state index is 12.2. The van der Waals surface area contributed by atoms with Crippen LogP contribution in [0.1, 0.15) is 21.6 Å². The number of ether oxygens (including phenoxy) is 2. The molecule has 0 atom stereocenters. The van der Waals surface area contributed by atoms with Crippen LogP contribution < -0.4 is 14.8 Å². The van der Waals surface area contributed by atoms with E-state index in [0.29, 0.717) is 29.4 Å². The van der Waals surface area contributed by atoms with Gasteiger partial charge in [0.1, 0.15) is 5.75 Å². The van der Waals surface area contributed by atoms with Gasteiger partial charge in [-0.15, -0.1) is 0 Å². The molecule has 0 aliphatic heterocycles. The average molecular weight is 348 g/mol. The lowest BCUT2D eigenvalue weighted by atomic mass is 10.2. The molecule has 0 aliphatic rings. The Kier molecular flexibility index (Phi) is 5.49. The summed E-state index contributed by atoms with van der Waals surface area (Å²) >= 11 is 0. The first-order chi connectivity index (χ1) is 12.7. The topological polar surface area (TPSA) is 60.5 Å². The number of para-hydroxylation sites is 2. The van der Waals surface area contributed by atoms with Crippen molar-refractivity contribution in [2.24, 2.45) is 0 Å². The predicted octanol–water partition coefficient (Wildman–Crippen LogP) is 4.12. The van der Waals surface area contributed by atoms with Gasteiger partial charge < -0.3 is 14.8 Å². The van der Waals surface area contributed by atoms with E-state index in [1.54, 1.807) is 19.4 Å². The highest BCUT2D eigenvalue weighted by Gasteiger charge is 2.07. The number of benzene rings is 2. The second kappa shape index (κ2) is 8.16. The molecule has 5 heteroatoms. The van der Waals surface area contributed by atoms with Crippen molar-refractivity contribution < 1.29 is 14.3 Å². The van der Waals surface area contributed by atoms with Crippen molar-refractivity contribution in [2.75, 3.05) is 7.11 Å². The van der Waals surface area contributed by atoms with E-state index in [1.807, 2.05) is 61.5 Å². The number of carbonyl (C=O) groups excluding carboxylic acids is 1. The van der Waals surface area contributed by atoms with Gasteiger partial charge in [0.15, 0.2) is 11.5 Å². The number of aromatic nitrogens is 1. The van der Waals surface area contributed by atoms with Crippen LogP contribution in [0.5, 0.6) is 17.2 Å². The largest absolute Gasteiger partial charge is 0.493 e. The number of rotatable bonds is 6. The third kappa shape index (κ3) is 4.39. The van der Waals surface area contributed by atoms with Crippen molar-refractivity contribution in [3.05, 3.63) is 83.7 Å². The molecule has 0 radical (unpaired) electrons. The number of hydrogen-bond acceptors (Lipinski definition) is 4. The molecule has 2 aromatic carbocycles. The lowest BCUT2D eigenvalue weighted by Crippen LogP contribution is -2.22. The van der Waals surface area contributed by atoms with Crippen LogP contribution in [0.15, 0.2) is 66.9 Å². The molecular weight excluding hydrogens is 328 g/mol. The van der Waals surface area contributed by atoms with Gasteiger partial charge in [0, 0.05) is 18.4 Å². The summed E-state index contributed by atoms with van der Waals surface area (Å²) in [5.74, 6) is 1.83. The summed E-state index contributed by atoms with van der Waals surface area (Å²) in [4.78, 5) is 16.3. The van der Waals surface area contributed by atoms with E-state index in [2.05, 4.69) is 10.3 Å². The van der Waals surface area contributed by atoms with Crippen LogP contribution in [-0.2, 0) is 6.54 Å². The van der Waals surface area contributed by atoms with Gasteiger partial charge in [0.2, 0.25) is 0 Å². The molecule has 0 unspecified atom stereocenters. The number of carbonyl (C=O) groups is 1. The highest BCUT2D eigenvalue weighted by Crippen LogP contribution is 2.31. The molecule has 1 amide bonds. The highest BCUT2D eigenvalue weighted by atomic mass is 16.5. The van der Waals surface area contributed by atoms with Crippen LogP contribution in [0.25, 0.3) is 0 Å². The summed E-state index contributed by atoms with van der Waals surface area (Å²) in [7, 11) is 1.61. The summed E-state index contributed by atoms with van der Waals surface area (Å²) in [6, 6.07) is 18.6. The first-order valence-electron chi connectivity index (χ1n) is 8.26. The monoisotopic (exact) mass is 348 g/mol. The van der Waals surface area contributed by atoms with E-state index in [9.17, 15) is 4.79 Å². The Bertz CT molecular complexity index is 892. The van der Waals surface area contributed by atoms with Crippen molar-refractivity contribution in [1.82, 2.24) is 10.3 Å². The van der Waals surface area contributed by atoms with Crippen molar-refractivity contribution in [1.29, 1.82) is 0 Å². The summed E-state index contributed by atoms with van der Waals surface area (Å²) < 4.78 is 11.2. The van der Waals surface area contributed by atoms with Crippen LogP contribution in [0.4, 0.5) is 0 Å². The highest BCUT2D eigenvalue weighted by molar-refractivity contribution is 5.93. The lowest BCUT2D eigenvalue weighted by molar-refractivity contribution is 0.0950. The Hall–Kier alpha value is -3.34. The molecular formula is C21H20N2O3. The summed E-state index contributed by atoms with van der Waals surface area (Å²) in [5.41, 5.74) is 2.35. The third-order valence-electron chi connectivity index (χ3n) is 3.82. The zero-order chi connectivity index (χ0) is 18.4. The normalized spacial score (nSPS) is 10.2. The summed E-state index contributed by atoms with van der Waals surface area (Å²) in [5, 5.41) is 2.89. The van der Waals surface area contributed by atoms with Gasteiger partial charge in [0.05, 0.1) is 12.7 Å². The van der Waals surface area contributed by atoms with Crippen LogP contribution in [-0.4, -0.2) is 18.0 Å². The van der Waals surface area contributed by atoms with Gasteiger partial charge in [-0.2, -0.15) is 0 Å². The Labute approximate surface area is 152 Å². The van der Waals surface area contributed by atoms with Crippen LogP contribution in [0.2, 0.25) is 0 Å². The van der Waals surface area contributed by atoms with E-state index in [4.69, 9.17) is 9.47 Å². The molecule has 3 rings (SSSR count). The molecule has 0 saturated heterocycles. The molecule has 0 saturated carbocycles. The molecule has 1 heterocycles. The zero-order valence-electron chi connectivity index (χ0n) is 14.7. The number of hydrogen-bond donors (Lipinski definition) is 1. The maximum absolute atomic E-state index is 12.2. The van der Waals surface area contributed by atoms with E-state index < -0.39 is 0 Å². The van der Waals surface area contributed by atoms with Crippen LogP contribution in [0.3, 0.4) is 0 Å². The van der Waals surface area contributed by atoms with Crippen molar-refractivity contribution in [3.8, 4) is 17.2 Å². The molecule has 132 valence electrons. The maximum Gasteiger partial charge on any atom is 0.253 e. The fourth-order valence-corrected chi connectivity index (χ4v) is 2.44. The number of aryl methyl sites for hydroxylation is 1. The molecule has 0 bridgehead atoms. The fraction of sp³-hybridized carbons (Fsp3) is 0.143. The number of nitrogens with one attached hydrogen (secondary N) is 1. The number of amides is 1. The Balaban J connectivity index is 1.65. The number of nitrogens with zero attached hydrogens (tertiary/aromatic N) is 1. The van der Waals surface area contributed by atoms with Gasteiger partial charge in [-0.05, 0) is 48.9 Å². The molecule has 3 aromatic rings. The van der Waals surface area contributed by atoms with Crippen LogP contribution in [0, 0.1) is 6.92 Å². The van der Waals surface area contributed by atoms with Crippen molar-refractivity contribution in [2.45, 2.75) is 13.5 Å². The van der Waals surface area contributed by atoms with Gasteiger partial charge >= 0.3 is 0 Å². The fourth-order valence-electron chi connectivity index (χ4n) is 2.44. The molecule has 1 N–H and O–H groups in total. The minimum absolute atomic E-state index is 0.159. The number of methoxy groups -OCH3 is 1. The zero-order valence-corrected chi connectivity index (χ0v) is 14.7. The molecule has 1 aromatic heterocycles. The Morgan fingerprint density at radius 2 is 1.85 bits per heavy atom. The van der Waals surface area contributed by atoms with E-state index in [0.717, 1.165) is 11.3 Å². The van der Waals surface area contributed by atoms with Crippen molar-refractivity contribution in [3.63, 3.8) is 0 Å². The van der Waals surface area contributed by atoms with E-state index >= 15 is 0 Å². The molecule has 26 heavy (non-hydrogen) atoms. The lowest BCUT2D eigenvalue weighted by Gasteiger charge is -2.11. The molecule has 0 aliphatic carbocycles. The van der Waals surface area contributed by atoms with E-state index in [-0.39, 0.29) is 5.91 Å². The minimum atomic E-state index is -0.159. The standard InChI is InChI=1S/C21H20N2O3/c1-15-10-11-17(14-22-15)21(24)23-13-16-6-5-7-18(12-16)26-20-9-4-3-8-19(20)25-2/h3-12,14H,13H2,1-2H3,(H,23,24). The quantitative estimate of drug-likeness (QED) is 0.728. The Morgan fingerprint density at radius 3 is 2.58 bits per heavy atom.